The number of hydrogen-bond acceptors (Lipinski definition) is 4. The van der Waals surface area contributed by atoms with Crippen LogP contribution in [0.1, 0.15) is 22.7 Å². The van der Waals surface area contributed by atoms with Crippen LogP contribution in [-0.4, -0.2) is 39.8 Å². The van der Waals surface area contributed by atoms with E-state index in [1.165, 1.54) is 6.33 Å². The number of benzene rings is 2. The number of imidazole rings is 1. The van der Waals surface area contributed by atoms with Gasteiger partial charge in [-0.25, -0.2) is 14.6 Å². The third kappa shape index (κ3) is 3.46. The van der Waals surface area contributed by atoms with Gasteiger partial charge in [0.05, 0.1) is 12.0 Å². The Morgan fingerprint density at radius 3 is 2.32 bits per heavy atom. The maximum absolute atomic E-state index is 12.2. The number of nitrogens with zero attached hydrogens (tertiary/aromatic N) is 1. The van der Waals surface area contributed by atoms with Crippen LogP contribution >= 0.6 is 0 Å². The van der Waals surface area contributed by atoms with Gasteiger partial charge in [0.25, 0.3) is 0 Å². The first-order chi connectivity index (χ1) is 13.6. The van der Waals surface area contributed by atoms with Crippen LogP contribution in [-0.2, 0) is 16.0 Å². The van der Waals surface area contributed by atoms with Crippen molar-refractivity contribution in [2.45, 2.75) is 18.4 Å². The molecule has 3 aromatic rings. The van der Waals surface area contributed by atoms with E-state index < -0.39 is 18.1 Å². The smallest absolute Gasteiger partial charge is 0.407 e. The Labute approximate surface area is 161 Å². The number of aromatic amines is 1. The fourth-order valence-corrected chi connectivity index (χ4v) is 3.59. The van der Waals surface area contributed by atoms with Gasteiger partial charge in [-0.15, -0.1) is 0 Å². The van der Waals surface area contributed by atoms with E-state index in [9.17, 15) is 14.7 Å². The number of aromatic nitrogens is 2. The first-order valence-electron chi connectivity index (χ1n) is 8.95. The van der Waals surface area contributed by atoms with Gasteiger partial charge in [-0.05, 0) is 22.3 Å². The van der Waals surface area contributed by atoms with E-state index in [1.807, 2.05) is 36.4 Å². The zero-order valence-electron chi connectivity index (χ0n) is 15.0. The van der Waals surface area contributed by atoms with E-state index in [0.717, 1.165) is 22.3 Å². The second-order valence-electron chi connectivity index (χ2n) is 6.63. The van der Waals surface area contributed by atoms with Gasteiger partial charge in [0.2, 0.25) is 0 Å². The number of alkyl carbamates (subject to hydrolysis) is 1. The van der Waals surface area contributed by atoms with E-state index in [0.29, 0.717) is 5.69 Å². The monoisotopic (exact) mass is 377 g/mol. The molecule has 28 heavy (non-hydrogen) atoms. The molecule has 7 nitrogen and oxygen atoms in total. The molecule has 1 aliphatic carbocycles. The summed E-state index contributed by atoms with van der Waals surface area (Å²) < 4.78 is 5.40. The van der Waals surface area contributed by atoms with Crippen molar-refractivity contribution in [3.05, 3.63) is 77.9 Å². The maximum Gasteiger partial charge on any atom is 0.407 e. The SMILES string of the molecule is O=C(N[C@@H](Cc1c[nH]cn1)C(=O)O)OCC1c2ccccc2-c2ccccc21. The molecule has 0 aliphatic heterocycles. The molecule has 0 unspecified atom stereocenters. The summed E-state index contributed by atoms with van der Waals surface area (Å²) in [6, 6.07) is 14.9. The van der Waals surface area contributed by atoms with Gasteiger partial charge >= 0.3 is 12.1 Å². The molecule has 3 N–H and O–H groups in total. The van der Waals surface area contributed by atoms with Crippen molar-refractivity contribution in [2.75, 3.05) is 6.61 Å². The van der Waals surface area contributed by atoms with Crippen LogP contribution in [0.4, 0.5) is 4.79 Å². The Kier molecular flexibility index (Phi) is 4.80. The summed E-state index contributed by atoms with van der Waals surface area (Å²) in [5, 5.41) is 11.8. The third-order valence-electron chi connectivity index (χ3n) is 4.90. The van der Waals surface area contributed by atoms with Crippen LogP contribution < -0.4 is 5.32 Å². The van der Waals surface area contributed by atoms with Crippen LogP contribution in [0.15, 0.2) is 61.1 Å². The van der Waals surface area contributed by atoms with Crippen LogP contribution in [0.2, 0.25) is 0 Å². The van der Waals surface area contributed by atoms with Gasteiger partial charge in [0.1, 0.15) is 12.6 Å². The Balaban J connectivity index is 1.44. The predicted molar refractivity (Wildman–Crippen MR) is 102 cm³/mol. The van der Waals surface area contributed by atoms with Crippen molar-refractivity contribution >= 4 is 12.1 Å². The first-order valence-corrected chi connectivity index (χ1v) is 8.95. The molecule has 0 saturated heterocycles. The number of carbonyl (C=O) groups is 2. The minimum absolute atomic E-state index is 0.0724. The molecule has 1 atom stereocenters. The van der Waals surface area contributed by atoms with Crippen molar-refractivity contribution in [2.24, 2.45) is 0 Å². The van der Waals surface area contributed by atoms with Crippen molar-refractivity contribution < 1.29 is 19.4 Å². The Hall–Kier alpha value is -3.61. The first kappa shape index (κ1) is 17.8. The molecule has 1 aliphatic rings. The fourth-order valence-electron chi connectivity index (χ4n) is 3.59. The molecule has 1 aromatic heterocycles. The summed E-state index contributed by atoms with van der Waals surface area (Å²) in [7, 11) is 0. The molecular formula is C21H19N3O4. The highest BCUT2D eigenvalue weighted by molar-refractivity contribution is 5.81. The Morgan fingerprint density at radius 2 is 1.75 bits per heavy atom. The zero-order valence-corrected chi connectivity index (χ0v) is 15.0. The van der Waals surface area contributed by atoms with E-state index in [1.54, 1.807) is 6.20 Å². The fraction of sp³-hybridized carbons (Fsp3) is 0.190. The lowest BCUT2D eigenvalue weighted by Gasteiger charge is -2.17. The van der Waals surface area contributed by atoms with E-state index in [2.05, 4.69) is 27.4 Å². The average Bonchev–Trinajstić information content (AvgIpc) is 3.32. The number of rotatable bonds is 6. The molecule has 0 spiro atoms. The molecule has 1 heterocycles. The lowest BCUT2D eigenvalue weighted by atomic mass is 9.98. The van der Waals surface area contributed by atoms with Crippen LogP contribution in [0.3, 0.4) is 0 Å². The summed E-state index contributed by atoms with van der Waals surface area (Å²) in [4.78, 5) is 30.4. The number of carboxylic acid groups (broad SMARTS) is 1. The lowest BCUT2D eigenvalue weighted by molar-refractivity contribution is -0.139. The number of ether oxygens (including phenoxy) is 1. The minimum Gasteiger partial charge on any atom is -0.480 e. The molecule has 2 aromatic carbocycles. The van der Waals surface area contributed by atoms with E-state index in [4.69, 9.17) is 4.74 Å². The molecule has 0 radical (unpaired) electrons. The van der Waals surface area contributed by atoms with Crippen LogP contribution in [0.25, 0.3) is 11.1 Å². The maximum atomic E-state index is 12.2. The highest BCUT2D eigenvalue weighted by Crippen LogP contribution is 2.44. The zero-order chi connectivity index (χ0) is 19.5. The summed E-state index contributed by atoms with van der Waals surface area (Å²) in [6.45, 7) is 0.134. The second-order valence-corrected chi connectivity index (χ2v) is 6.63. The van der Waals surface area contributed by atoms with Gasteiger partial charge in [-0.3, -0.25) is 0 Å². The molecule has 0 fully saturated rings. The second kappa shape index (κ2) is 7.56. The Bertz CT molecular complexity index is 955. The molecule has 142 valence electrons. The molecule has 4 rings (SSSR count). The van der Waals surface area contributed by atoms with Crippen molar-refractivity contribution in [3.8, 4) is 11.1 Å². The average molecular weight is 377 g/mol. The molecule has 0 saturated carbocycles. The molecule has 7 heteroatoms. The normalized spacial score (nSPS) is 13.4. The summed E-state index contributed by atoms with van der Waals surface area (Å²) in [5.74, 6) is -1.22. The Morgan fingerprint density at radius 1 is 1.11 bits per heavy atom. The number of H-pyrrole nitrogens is 1. The number of carboxylic acids is 1. The summed E-state index contributed by atoms with van der Waals surface area (Å²) in [6.07, 6.45) is 2.37. The van der Waals surface area contributed by atoms with Gasteiger partial charge in [-0.1, -0.05) is 48.5 Å². The number of amides is 1. The van der Waals surface area contributed by atoms with Crippen molar-refractivity contribution in [3.63, 3.8) is 0 Å². The van der Waals surface area contributed by atoms with Gasteiger partial charge < -0.3 is 20.1 Å². The molecule has 0 bridgehead atoms. The number of nitrogens with one attached hydrogen (secondary N) is 2. The standard InChI is InChI=1S/C21H19N3O4/c25-20(26)19(9-13-10-22-12-23-13)24-21(27)28-11-18-16-7-3-1-5-14(16)15-6-2-4-8-17(15)18/h1-8,10,12,18-19H,9,11H2,(H,22,23)(H,24,27)(H,25,26)/t19-/m0/s1. The number of carbonyl (C=O) groups excluding carboxylic acids is 1. The number of aliphatic carboxylic acids is 1. The quantitative estimate of drug-likeness (QED) is 0.613. The largest absolute Gasteiger partial charge is 0.480 e. The molecular weight excluding hydrogens is 358 g/mol. The number of hydrogen-bond donors (Lipinski definition) is 3. The predicted octanol–water partition coefficient (Wildman–Crippen LogP) is 2.94. The van der Waals surface area contributed by atoms with Crippen molar-refractivity contribution in [1.82, 2.24) is 15.3 Å². The topological polar surface area (TPSA) is 104 Å². The van der Waals surface area contributed by atoms with E-state index in [-0.39, 0.29) is 18.9 Å². The number of fused-ring (bicyclic) bond motifs is 3. The summed E-state index contributed by atoms with van der Waals surface area (Å²) in [5.41, 5.74) is 5.01. The highest BCUT2D eigenvalue weighted by atomic mass is 16.5. The highest BCUT2D eigenvalue weighted by Gasteiger charge is 2.29. The van der Waals surface area contributed by atoms with Crippen LogP contribution in [0, 0.1) is 0 Å². The van der Waals surface area contributed by atoms with Gasteiger partial charge in [0, 0.05) is 18.5 Å². The van der Waals surface area contributed by atoms with Crippen LogP contribution in [0.5, 0.6) is 0 Å². The van der Waals surface area contributed by atoms with E-state index >= 15 is 0 Å². The van der Waals surface area contributed by atoms with Gasteiger partial charge in [-0.2, -0.15) is 0 Å². The van der Waals surface area contributed by atoms with Gasteiger partial charge in [0.15, 0.2) is 0 Å². The summed E-state index contributed by atoms with van der Waals surface area (Å²) >= 11 is 0. The molecule has 1 amide bonds. The van der Waals surface area contributed by atoms with Crippen molar-refractivity contribution in [1.29, 1.82) is 0 Å². The lowest BCUT2D eigenvalue weighted by Crippen LogP contribution is -2.43. The minimum atomic E-state index is -1.14. The third-order valence-corrected chi connectivity index (χ3v) is 4.90.